The van der Waals surface area contributed by atoms with Crippen molar-refractivity contribution in [2.75, 3.05) is 6.54 Å². The van der Waals surface area contributed by atoms with Crippen LogP contribution in [0.2, 0.25) is 0 Å². The van der Waals surface area contributed by atoms with Crippen molar-refractivity contribution >= 4 is 11.8 Å². The first-order chi connectivity index (χ1) is 17.6. The highest BCUT2D eigenvalue weighted by Gasteiger charge is 2.41. The number of nitrogens with zero attached hydrogens (tertiary/aromatic N) is 4. The van der Waals surface area contributed by atoms with Crippen molar-refractivity contribution in [3.05, 3.63) is 76.8 Å². The average Bonchev–Trinajstić information content (AvgIpc) is 3.49. The molecule has 3 aromatic rings. The van der Waals surface area contributed by atoms with Gasteiger partial charge in [0, 0.05) is 12.1 Å². The number of likely N-dealkylation sites (tertiary alicyclic amines) is 1. The second-order valence-corrected chi connectivity index (χ2v) is 9.32. The molecule has 2 aromatic heterocycles. The number of hydrogen-bond donors (Lipinski definition) is 1. The number of rotatable bonds is 8. The SMILES string of the molecule is Cc1nc([C@@H](NC(=O)[C@@H]2C[C@@H](F)CN2C(=O)Cc2nnc(C(F)F)o2)c2ccccc2)ccc1C(C)C. The molecule has 0 bridgehead atoms. The standard InChI is InChI=1S/C26H28F3N5O3/c1-14(2)18-9-10-19(30-15(18)3)23(16-7-5-4-6-8-16)31-25(36)20-11-17(27)13-34(20)22(35)12-21-32-33-26(37-21)24(28)29/h4-10,14,17,20,23-24H,11-13H2,1-3H3,(H,31,36)/t17-,20+,23+/m1/s1. The maximum atomic E-state index is 14.4. The van der Waals surface area contributed by atoms with Crippen molar-refractivity contribution in [3.63, 3.8) is 0 Å². The zero-order valence-corrected chi connectivity index (χ0v) is 20.7. The van der Waals surface area contributed by atoms with Crippen LogP contribution in [0.3, 0.4) is 0 Å². The molecule has 3 atom stereocenters. The summed E-state index contributed by atoms with van der Waals surface area (Å²) in [6, 6.07) is 11.3. The number of nitrogens with one attached hydrogen (secondary N) is 1. The minimum atomic E-state index is -2.97. The van der Waals surface area contributed by atoms with Crippen molar-refractivity contribution < 1.29 is 27.2 Å². The summed E-state index contributed by atoms with van der Waals surface area (Å²) in [4.78, 5) is 32.1. The quantitative estimate of drug-likeness (QED) is 0.482. The molecule has 1 N–H and O–H groups in total. The van der Waals surface area contributed by atoms with E-state index in [1.165, 1.54) is 0 Å². The lowest BCUT2D eigenvalue weighted by atomic mass is 9.98. The van der Waals surface area contributed by atoms with Crippen molar-refractivity contribution in [1.82, 2.24) is 25.4 Å². The van der Waals surface area contributed by atoms with Crippen molar-refractivity contribution in [2.45, 2.75) is 64.2 Å². The van der Waals surface area contributed by atoms with E-state index in [9.17, 15) is 22.8 Å². The molecule has 1 aliphatic rings. The molecule has 2 amide bonds. The minimum absolute atomic E-state index is 0.191. The number of aryl methyl sites for hydroxylation is 1. The normalized spacial score (nSPS) is 18.4. The number of benzene rings is 1. The number of amides is 2. The molecule has 1 aromatic carbocycles. The lowest BCUT2D eigenvalue weighted by Gasteiger charge is -2.26. The maximum absolute atomic E-state index is 14.4. The lowest BCUT2D eigenvalue weighted by molar-refractivity contribution is -0.138. The molecule has 11 heteroatoms. The maximum Gasteiger partial charge on any atom is 0.314 e. The summed E-state index contributed by atoms with van der Waals surface area (Å²) in [5, 5.41) is 9.59. The van der Waals surface area contributed by atoms with Gasteiger partial charge in [0.2, 0.25) is 17.7 Å². The van der Waals surface area contributed by atoms with E-state index in [4.69, 9.17) is 9.40 Å². The smallest absolute Gasteiger partial charge is 0.314 e. The predicted molar refractivity (Wildman–Crippen MR) is 127 cm³/mol. The summed E-state index contributed by atoms with van der Waals surface area (Å²) in [6.07, 6.45) is -5.10. The number of carbonyl (C=O) groups excluding carboxylic acids is 2. The Labute approximate surface area is 212 Å². The Morgan fingerprint density at radius 1 is 1.14 bits per heavy atom. The molecule has 0 aliphatic carbocycles. The molecule has 37 heavy (non-hydrogen) atoms. The van der Waals surface area contributed by atoms with Gasteiger partial charge in [-0.25, -0.2) is 4.39 Å². The Morgan fingerprint density at radius 3 is 2.49 bits per heavy atom. The summed E-state index contributed by atoms with van der Waals surface area (Å²) < 4.78 is 44.7. The molecule has 1 aliphatic heterocycles. The van der Waals surface area contributed by atoms with Gasteiger partial charge in [0.25, 0.3) is 5.89 Å². The van der Waals surface area contributed by atoms with Crippen LogP contribution in [0.4, 0.5) is 13.2 Å². The highest BCUT2D eigenvalue weighted by molar-refractivity contribution is 5.89. The molecule has 0 saturated carbocycles. The molecule has 0 radical (unpaired) electrons. The van der Waals surface area contributed by atoms with Gasteiger partial charge in [0.1, 0.15) is 18.6 Å². The highest BCUT2D eigenvalue weighted by atomic mass is 19.3. The molecule has 196 valence electrons. The topological polar surface area (TPSA) is 101 Å². The number of hydrogen-bond acceptors (Lipinski definition) is 6. The molecule has 1 saturated heterocycles. The van der Waals surface area contributed by atoms with Crippen LogP contribution < -0.4 is 5.32 Å². The van der Waals surface area contributed by atoms with Crippen LogP contribution in [0.25, 0.3) is 0 Å². The molecule has 0 spiro atoms. The van der Waals surface area contributed by atoms with E-state index in [0.717, 1.165) is 21.7 Å². The van der Waals surface area contributed by atoms with Gasteiger partial charge < -0.3 is 14.6 Å². The van der Waals surface area contributed by atoms with Crippen LogP contribution >= 0.6 is 0 Å². The zero-order chi connectivity index (χ0) is 26.7. The largest absolute Gasteiger partial charge is 0.419 e. The number of aromatic nitrogens is 3. The minimum Gasteiger partial charge on any atom is -0.419 e. The number of pyridine rings is 1. The van der Waals surface area contributed by atoms with Gasteiger partial charge in [-0.3, -0.25) is 14.6 Å². The zero-order valence-electron chi connectivity index (χ0n) is 20.7. The Kier molecular flexibility index (Phi) is 7.89. The van der Waals surface area contributed by atoms with Gasteiger partial charge >= 0.3 is 6.43 Å². The van der Waals surface area contributed by atoms with Gasteiger partial charge in [-0.2, -0.15) is 8.78 Å². The van der Waals surface area contributed by atoms with Crippen LogP contribution in [-0.4, -0.2) is 50.7 Å². The van der Waals surface area contributed by atoms with Crippen molar-refractivity contribution in [3.8, 4) is 0 Å². The first kappa shape index (κ1) is 26.3. The van der Waals surface area contributed by atoms with Crippen LogP contribution in [0, 0.1) is 6.92 Å². The highest BCUT2D eigenvalue weighted by Crippen LogP contribution is 2.27. The summed E-state index contributed by atoms with van der Waals surface area (Å²) >= 11 is 0. The van der Waals surface area contributed by atoms with Gasteiger partial charge in [-0.15, -0.1) is 10.2 Å². The second kappa shape index (κ2) is 11.1. The number of carbonyl (C=O) groups is 2. The molecule has 1 fully saturated rings. The second-order valence-electron chi connectivity index (χ2n) is 9.32. The van der Waals surface area contributed by atoms with E-state index in [1.807, 2.05) is 49.4 Å². The van der Waals surface area contributed by atoms with E-state index in [2.05, 4.69) is 29.4 Å². The number of alkyl halides is 3. The van der Waals surface area contributed by atoms with E-state index < -0.39 is 48.8 Å². The summed E-state index contributed by atoms with van der Waals surface area (Å²) in [5.41, 5.74) is 3.32. The van der Waals surface area contributed by atoms with Crippen molar-refractivity contribution in [1.29, 1.82) is 0 Å². The Balaban J connectivity index is 1.56. The van der Waals surface area contributed by atoms with Crippen molar-refractivity contribution in [2.24, 2.45) is 0 Å². The third-order valence-corrected chi connectivity index (χ3v) is 6.33. The monoisotopic (exact) mass is 515 g/mol. The molecular formula is C26H28F3N5O3. The summed E-state index contributed by atoms with van der Waals surface area (Å²) in [6.45, 7) is 5.75. The predicted octanol–water partition coefficient (Wildman–Crippen LogP) is 4.22. The summed E-state index contributed by atoms with van der Waals surface area (Å²) in [7, 11) is 0. The van der Waals surface area contributed by atoms with Crippen LogP contribution in [-0.2, 0) is 16.0 Å². The first-order valence-electron chi connectivity index (χ1n) is 12.0. The Morgan fingerprint density at radius 2 is 1.86 bits per heavy atom. The van der Waals surface area contributed by atoms with E-state index in [0.29, 0.717) is 5.69 Å². The molecule has 0 unspecified atom stereocenters. The number of halogens is 3. The lowest BCUT2D eigenvalue weighted by Crippen LogP contribution is -2.47. The third kappa shape index (κ3) is 5.98. The van der Waals surface area contributed by atoms with Gasteiger partial charge in [-0.1, -0.05) is 50.2 Å². The van der Waals surface area contributed by atoms with Crippen LogP contribution in [0.5, 0.6) is 0 Å². The van der Waals surface area contributed by atoms with E-state index in [1.54, 1.807) is 0 Å². The fraction of sp³-hybridized carbons (Fsp3) is 0.423. The fourth-order valence-corrected chi connectivity index (χ4v) is 4.54. The molecule has 8 nitrogen and oxygen atoms in total. The van der Waals surface area contributed by atoms with Gasteiger partial charge in [0.15, 0.2) is 0 Å². The average molecular weight is 516 g/mol. The van der Waals surface area contributed by atoms with Gasteiger partial charge in [0.05, 0.1) is 18.3 Å². The molecule has 3 heterocycles. The Hall–Kier alpha value is -3.76. The van der Waals surface area contributed by atoms with E-state index in [-0.39, 0.29) is 24.8 Å². The van der Waals surface area contributed by atoms with E-state index >= 15 is 0 Å². The van der Waals surface area contributed by atoms with Gasteiger partial charge in [-0.05, 0) is 30.0 Å². The summed E-state index contributed by atoms with van der Waals surface area (Å²) in [5.74, 6) is -2.17. The fourth-order valence-electron chi connectivity index (χ4n) is 4.54. The Bertz CT molecular complexity index is 1250. The van der Waals surface area contributed by atoms with Crippen LogP contribution in [0.1, 0.15) is 72.9 Å². The third-order valence-electron chi connectivity index (χ3n) is 6.33. The molecule has 4 rings (SSSR count). The first-order valence-corrected chi connectivity index (χ1v) is 12.0. The molecular weight excluding hydrogens is 487 g/mol. The van der Waals surface area contributed by atoms with Crippen LogP contribution in [0.15, 0.2) is 46.9 Å².